The molecule has 0 saturated carbocycles. The predicted octanol–water partition coefficient (Wildman–Crippen LogP) is -0.547. The summed E-state index contributed by atoms with van der Waals surface area (Å²) >= 11 is 0. The highest BCUT2D eigenvalue weighted by Gasteiger charge is 2.09. The average molecular weight is 170 g/mol. The van der Waals surface area contributed by atoms with Gasteiger partial charge in [0.25, 0.3) is 0 Å². The molecule has 0 spiro atoms. The van der Waals surface area contributed by atoms with Crippen LogP contribution in [0.2, 0.25) is 0 Å². The van der Waals surface area contributed by atoms with Gasteiger partial charge in [0.2, 0.25) is 0 Å². The number of nitrogens with one attached hydrogen (secondary N) is 1. The number of rotatable bonds is 3. The summed E-state index contributed by atoms with van der Waals surface area (Å²) < 4.78 is 4.28. The van der Waals surface area contributed by atoms with Crippen LogP contribution in [0.15, 0.2) is 14.3 Å². The molecule has 1 unspecified atom stereocenters. The molecule has 6 nitrogen and oxygen atoms in total. The van der Waals surface area contributed by atoms with E-state index in [2.05, 4.69) is 19.7 Å². The van der Waals surface area contributed by atoms with E-state index in [0.717, 1.165) is 0 Å². The monoisotopic (exact) mass is 170 g/mol. The highest BCUT2D eigenvalue weighted by atomic mass is 16.5. The third-order valence-corrected chi connectivity index (χ3v) is 1.35. The number of aromatic amines is 1. The van der Waals surface area contributed by atoms with Crippen molar-refractivity contribution >= 4 is 6.21 Å². The molecule has 1 heterocycles. The van der Waals surface area contributed by atoms with E-state index in [0.29, 0.717) is 12.2 Å². The lowest BCUT2D eigenvalue weighted by molar-refractivity contribution is 0.378. The van der Waals surface area contributed by atoms with E-state index in [1.54, 1.807) is 13.3 Å². The fraction of sp³-hybridized carbons (Fsp3) is 0.500. The number of nitrogens with zero attached hydrogens (tertiary/aromatic N) is 2. The van der Waals surface area contributed by atoms with Crippen molar-refractivity contribution in [1.29, 1.82) is 0 Å². The van der Waals surface area contributed by atoms with Crippen LogP contribution in [0.1, 0.15) is 18.3 Å². The normalized spacial score (nSPS) is 13.8. The number of hydrogen-bond acceptors (Lipinski definition) is 5. The lowest BCUT2D eigenvalue weighted by atomic mass is 10.2. The molecule has 6 heteroatoms. The Morgan fingerprint density at radius 2 is 2.67 bits per heavy atom. The zero-order valence-corrected chi connectivity index (χ0v) is 6.65. The average Bonchev–Trinajstić information content (AvgIpc) is 2.47. The SMILES string of the molecule is CN=CCC(N)c1noc(=O)[nH]1. The molecule has 0 bridgehead atoms. The van der Waals surface area contributed by atoms with Crippen molar-refractivity contribution in [3.05, 3.63) is 16.4 Å². The van der Waals surface area contributed by atoms with Crippen molar-refractivity contribution in [3.63, 3.8) is 0 Å². The first-order valence-electron chi connectivity index (χ1n) is 3.46. The summed E-state index contributed by atoms with van der Waals surface area (Å²) in [6.45, 7) is 0. The van der Waals surface area contributed by atoms with E-state index in [4.69, 9.17) is 5.73 Å². The Morgan fingerprint density at radius 3 is 3.17 bits per heavy atom. The molecule has 1 aromatic heterocycles. The zero-order chi connectivity index (χ0) is 8.97. The van der Waals surface area contributed by atoms with Gasteiger partial charge in [0, 0.05) is 19.7 Å². The van der Waals surface area contributed by atoms with Gasteiger partial charge in [-0.25, -0.2) is 4.79 Å². The fourth-order valence-corrected chi connectivity index (χ4v) is 0.732. The van der Waals surface area contributed by atoms with E-state index >= 15 is 0 Å². The zero-order valence-electron chi connectivity index (χ0n) is 6.65. The van der Waals surface area contributed by atoms with Crippen LogP contribution in [0.5, 0.6) is 0 Å². The number of aromatic nitrogens is 2. The third-order valence-electron chi connectivity index (χ3n) is 1.35. The second-order valence-electron chi connectivity index (χ2n) is 2.26. The largest absolute Gasteiger partial charge is 0.438 e. The van der Waals surface area contributed by atoms with Crippen molar-refractivity contribution < 1.29 is 4.52 Å². The summed E-state index contributed by atoms with van der Waals surface area (Å²) in [7, 11) is 1.65. The Bertz CT molecular complexity index is 313. The summed E-state index contributed by atoms with van der Waals surface area (Å²) in [6.07, 6.45) is 2.18. The molecule has 0 aromatic carbocycles. The second kappa shape index (κ2) is 3.82. The third kappa shape index (κ3) is 2.03. The quantitative estimate of drug-likeness (QED) is 0.595. The summed E-state index contributed by atoms with van der Waals surface area (Å²) in [5.41, 5.74) is 5.61. The number of aliphatic imine (C=N–C) groups is 1. The van der Waals surface area contributed by atoms with Crippen LogP contribution in [-0.4, -0.2) is 23.4 Å². The van der Waals surface area contributed by atoms with E-state index in [1.807, 2.05) is 0 Å². The molecule has 1 atom stereocenters. The Balaban J connectivity index is 2.64. The van der Waals surface area contributed by atoms with Gasteiger partial charge < -0.3 is 10.7 Å². The summed E-state index contributed by atoms with van der Waals surface area (Å²) in [5, 5.41) is 3.44. The van der Waals surface area contributed by atoms with E-state index in [9.17, 15) is 4.79 Å². The first kappa shape index (κ1) is 8.66. The van der Waals surface area contributed by atoms with E-state index in [-0.39, 0.29) is 6.04 Å². The van der Waals surface area contributed by atoms with Crippen molar-refractivity contribution in [2.24, 2.45) is 10.7 Å². The Kier molecular flexibility index (Phi) is 2.76. The Hall–Kier alpha value is -1.43. The van der Waals surface area contributed by atoms with Crippen molar-refractivity contribution in [2.45, 2.75) is 12.5 Å². The molecule has 0 aliphatic heterocycles. The van der Waals surface area contributed by atoms with Gasteiger partial charge in [0.1, 0.15) is 0 Å². The molecule has 1 rings (SSSR count). The Labute approximate surface area is 68.5 Å². The van der Waals surface area contributed by atoms with Crippen LogP contribution in [0.25, 0.3) is 0 Å². The minimum atomic E-state index is -0.589. The smallest absolute Gasteiger partial charge is 0.321 e. The molecular weight excluding hydrogens is 160 g/mol. The van der Waals surface area contributed by atoms with Gasteiger partial charge in [0.05, 0.1) is 6.04 Å². The molecule has 3 N–H and O–H groups in total. The van der Waals surface area contributed by atoms with E-state index < -0.39 is 5.76 Å². The molecule has 12 heavy (non-hydrogen) atoms. The van der Waals surface area contributed by atoms with Crippen LogP contribution >= 0.6 is 0 Å². The molecule has 0 aliphatic carbocycles. The van der Waals surface area contributed by atoms with Gasteiger partial charge >= 0.3 is 5.76 Å². The van der Waals surface area contributed by atoms with E-state index in [1.165, 1.54) is 0 Å². The highest BCUT2D eigenvalue weighted by Crippen LogP contribution is 2.03. The molecule has 0 radical (unpaired) electrons. The van der Waals surface area contributed by atoms with Crippen LogP contribution in [0, 0.1) is 0 Å². The molecule has 0 saturated heterocycles. The first-order valence-corrected chi connectivity index (χ1v) is 3.46. The van der Waals surface area contributed by atoms with Gasteiger partial charge in [-0.3, -0.25) is 9.51 Å². The second-order valence-corrected chi connectivity index (χ2v) is 2.26. The molecule has 0 aliphatic rings. The van der Waals surface area contributed by atoms with Gasteiger partial charge in [0.15, 0.2) is 5.82 Å². The van der Waals surface area contributed by atoms with Crippen LogP contribution in [0.4, 0.5) is 0 Å². The minimum absolute atomic E-state index is 0.347. The lowest BCUT2D eigenvalue weighted by Gasteiger charge is -2.00. The van der Waals surface area contributed by atoms with Crippen molar-refractivity contribution in [2.75, 3.05) is 7.05 Å². The number of H-pyrrole nitrogens is 1. The fourth-order valence-electron chi connectivity index (χ4n) is 0.732. The summed E-state index contributed by atoms with van der Waals surface area (Å²) in [5.74, 6) is -0.242. The van der Waals surface area contributed by atoms with Crippen molar-refractivity contribution in [3.8, 4) is 0 Å². The number of hydrogen-bond donors (Lipinski definition) is 2. The molecule has 66 valence electrons. The van der Waals surface area contributed by atoms with Gasteiger partial charge in [-0.15, -0.1) is 0 Å². The predicted molar refractivity (Wildman–Crippen MR) is 43.1 cm³/mol. The van der Waals surface area contributed by atoms with Gasteiger partial charge in [-0.05, 0) is 0 Å². The maximum Gasteiger partial charge on any atom is 0.438 e. The Morgan fingerprint density at radius 1 is 1.92 bits per heavy atom. The summed E-state index contributed by atoms with van der Waals surface area (Å²) in [6, 6.07) is -0.361. The maximum absolute atomic E-state index is 10.5. The minimum Gasteiger partial charge on any atom is -0.321 e. The standard InChI is InChI=1S/C6H10N4O2/c1-8-3-2-4(7)5-9-6(11)12-10-5/h3-4H,2,7H2,1H3,(H,9,10,11). The lowest BCUT2D eigenvalue weighted by Crippen LogP contribution is -2.13. The number of nitrogens with two attached hydrogens (primary N) is 1. The topological polar surface area (TPSA) is 97.3 Å². The van der Waals surface area contributed by atoms with Gasteiger partial charge in [-0.1, -0.05) is 5.16 Å². The van der Waals surface area contributed by atoms with Crippen LogP contribution < -0.4 is 11.5 Å². The highest BCUT2D eigenvalue weighted by molar-refractivity contribution is 5.57. The first-order chi connectivity index (χ1) is 5.74. The van der Waals surface area contributed by atoms with Crippen LogP contribution in [0.3, 0.4) is 0 Å². The summed E-state index contributed by atoms with van der Waals surface area (Å²) in [4.78, 5) is 16.6. The van der Waals surface area contributed by atoms with Gasteiger partial charge in [-0.2, -0.15) is 0 Å². The van der Waals surface area contributed by atoms with Crippen molar-refractivity contribution in [1.82, 2.24) is 10.1 Å². The molecule has 1 aromatic rings. The van der Waals surface area contributed by atoms with Crippen LogP contribution in [-0.2, 0) is 0 Å². The maximum atomic E-state index is 10.5. The molecule has 0 fully saturated rings. The molecular formula is C6H10N4O2. The molecule has 0 amide bonds.